The van der Waals surface area contributed by atoms with Gasteiger partial charge in [-0.25, -0.2) is 10.6 Å². The van der Waals surface area contributed by atoms with E-state index in [1.54, 1.807) is 0 Å². The SMILES string of the molecule is NNC(=O)c1c(-c2ccccc2)nsc1NC(=O)NCCCN1CCCC1. The van der Waals surface area contributed by atoms with Gasteiger partial charge in [-0.05, 0) is 50.4 Å². The van der Waals surface area contributed by atoms with Gasteiger partial charge in [-0.1, -0.05) is 30.3 Å². The van der Waals surface area contributed by atoms with Gasteiger partial charge in [0.25, 0.3) is 5.91 Å². The molecule has 2 heterocycles. The number of nitrogens with two attached hydrogens (primary N) is 1. The first-order valence-electron chi connectivity index (χ1n) is 9.02. The molecule has 2 aromatic rings. The normalized spacial score (nSPS) is 14.1. The molecule has 0 atom stereocenters. The van der Waals surface area contributed by atoms with Crippen LogP contribution in [0.1, 0.15) is 29.6 Å². The summed E-state index contributed by atoms with van der Waals surface area (Å²) in [5.41, 5.74) is 3.67. The van der Waals surface area contributed by atoms with Crippen LogP contribution < -0.4 is 21.9 Å². The molecule has 1 saturated heterocycles. The lowest BCUT2D eigenvalue weighted by Crippen LogP contribution is -2.33. The number of carbonyl (C=O) groups is 2. The minimum Gasteiger partial charge on any atom is -0.338 e. The highest BCUT2D eigenvalue weighted by molar-refractivity contribution is 7.11. The van der Waals surface area contributed by atoms with Gasteiger partial charge in [0.1, 0.15) is 10.6 Å². The largest absolute Gasteiger partial charge is 0.338 e. The van der Waals surface area contributed by atoms with E-state index in [9.17, 15) is 9.59 Å². The quantitative estimate of drug-likeness (QED) is 0.251. The van der Waals surface area contributed by atoms with Gasteiger partial charge in [0, 0.05) is 12.1 Å². The highest BCUT2D eigenvalue weighted by atomic mass is 32.1. The molecule has 1 aromatic carbocycles. The zero-order valence-electron chi connectivity index (χ0n) is 15.0. The lowest BCUT2D eigenvalue weighted by molar-refractivity contribution is 0.0955. The summed E-state index contributed by atoms with van der Waals surface area (Å²) < 4.78 is 4.33. The average Bonchev–Trinajstić information content (AvgIpc) is 3.35. The maximum absolute atomic E-state index is 12.2. The Balaban J connectivity index is 1.61. The fraction of sp³-hybridized carbons (Fsp3) is 0.389. The summed E-state index contributed by atoms with van der Waals surface area (Å²) in [5, 5.41) is 5.92. The minimum atomic E-state index is -0.494. The van der Waals surface area contributed by atoms with Gasteiger partial charge in [-0.3, -0.25) is 15.5 Å². The van der Waals surface area contributed by atoms with Crippen molar-refractivity contribution in [1.29, 1.82) is 0 Å². The lowest BCUT2D eigenvalue weighted by Gasteiger charge is -2.14. The highest BCUT2D eigenvalue weighted by Crippen LogP contribution is 2.32. The molecule has 0 saturated carbocycles. The van der Waals surface area contributed by atoms with Gasteiger partial charge in [0.05, 0.1) is 5.69 Å². The number of likely N-dealkylation sites (tertiary alicyclic amines) is 1. The van der Waals surface area contributed by atoms with E-state index in [1.807, 2.05) is 30.3 Å². The van der Waals surface area contributed by atoms with Crippen LogP contribution in [0.15, 0.2) is 30.3 Å². The van der Waals surface area contributed by atoms with Crippen molar-refractivity contribution in [3.05, 3.63) is 35.9 Å². The smallest absolute Gasteiger partial charge is 0.319 e. The third-order valence-electron chi connectivity index (χ3n) is 4.46. The number of nitrogen functional groups attached to an aromatic ring is 1. The maximum atomic E-state index is 12.2. The molecule has 9 heteroatoms. The third-order valence-corrected chi connectivity index (χ3v) is 5.22. The number of aromatic nitrogens is 1. The number of rotatable bonds is 7. The van der Waals surface area contributed by atoms with Crippen LogP contribution in [0.5, 0.6) is 0 Å². The molecule has 0 bridgehead atoms. The van der Waals surface area contributed by atoms with Crippen molar-refractivity contribution in [2.45, 2.75) is 19.3 Å². The number of hydrogen-bond acceptors (Lipinski definition) is 6. The van der Waals surface area contributed by atoms with E-state index >= 15 is 0 Å². The number of amides is 3. The van der Waals surface area contributed by atoms with E-state index in [-0.39, 0.29) is 11.6 Å². The Bertz CT molecular complexity index is 773. The van der Waals surface area contributed by atoms with E-state index in [0.717, 1.165) is 43.2 Å². The number of anilines is 1. The fourth-order valence-corrected chi connectivity index (χ4v) is 3.91. The van der Waals surface area contributed by atoms with Crippen molar-refractivity contribution in [3.8, 4) is 11.3 Å². The van der Waals surface area contributed by atoms with E-state index < -0.39 is 5.91 Å². The van der Waals surface area contributed by atoms with Gasteiger partial charge in [-0.15, -0.1) is 0 Å². The molecule has 27 heavy (non-hydrogen) atoms. The maximum Gasteiger partial charge on any atom is 0.319 e. The summed E-state index contributed by atoms with van der Waals surface area (Å²) >= 11 is 1.06. The molecule has 1 aliphatic rings. The Morgan fingerprint density at radius 1 is 1.19 bits per heavy atom. The summed E-state index contributed by atoms with van der Waals surface area (Å²) in [5.74, 6) is 4.82. The van der Waals surface area contributed by atoms with Crippen molar-refractivity contribution in [2.75, 3.05) is 31.5 Å². The second-order valence-corrected chi connectivity index (χ2v) is 7.13. The Kier molecular flexibility index (Phi) is 6.74. The highest BCUT2D eigenvalue weighted by Gasteiger charge is 2.22. The molecule has 0 aliphatic carbocycles. The fourth-order valence-electron chi connectivity index (χ4n) is 3.11. The molecule has 144 valence electrons. The standard InChI is InChI=1S/C18H24N6O2S/c19-22-16(25)14-15(13-7-2-1-3-8-13)23-27-17(14)21-18(26)20-9-6-12-24-10-4-5-11-24/h1-3,7-8H,4-6,9-12,19H2,(H,22,25)(H2,20,21,26). The Labute approximate surface area is 162 Å². The third kappa shape index (κ3) is 5.03. The van der Waals surface area contributed by atoms with Crippen molar-refractivity contribution >= 4 is 28.5 Å². The molecule has 0 spiro atoms. The summed E-state index contributed by atoms with van der Waals surface area (Å²) in [7, 11) is 0. The number of hydrogen-bond donors (Lipinski definition) is 4. The summed E-state index contributed by atoms with van der Waals surface area (Å²) in [6.45, 7) is 3.85. The second-order valence-electron chi connectivity index (χ2n) is 6.36. The van der Waals surface area contributed by atoms with Crippen LogP contribution in [0.4, 0.5) is 9.80 Å². The predicted molar refractivity (Wildman–Crippen MR) is 107 cm³/mol. The first-order valence-corrected chi connectivity index (χ1v) is 9.79. The number of carbonyl (C=O) groups excluding carboxylic acids is 2. The molecular weight excluding hydrogens is 364 g/mol. The van der Waals surface area contributed by atoms with Crippen LogP contribution in [-0.4, -0.2) is 47.4 Å². The first kappa shape index (κ1) is 19.3. The summed E-state index contributed by atoms with van der Waals surface area (Å²) in [6.07, 6.45) is 3.41. The Hall–Kier alpha value is -2.49. The zero-order chi connectivity index (χ0) is 19.1. The van der Waals surface area contributed by atoms with Gasteiger partial charge >= 0.3 is 6.03 Å². The van der Waals surface area contributed by atoms with E-state index in [1.165, 1.54) is 12.8 Å². The van der Waals surface area contributed by atoms with E-state index in [0.29, 0.717) is 17.2 Å². The molecule has 5 N–H and O–H groups in total. The van der Waals surface area contributed by atoms with Crippen LogP contribution in [0.3, 0.4) is 0 Å². The molecule has 1 aromatic heterocycles. The molecule has 1 fully saturated rings. The molecule has 1 aliphatic heterocycles. The van der Waals surface area contributed by atoms with E-state index in [4.69, 9.17) is 5.84 Å². The average molecular weight is 388 g/mol. The first-order chi connectivity index (χ1) is 13.2. The van der Waals surface area contributed by atoms with Crippen LogP contribution in [-0.2, 0) is 0 Å². The number of nitrogens with one attached hydrogen (secondary N) is 3. The topological polar surface area (TPSA) is 112 Å². The van der Waals surface area contributed by atoms with Crippen LogP contribution in [0.25, 0.3) is 11.3 Å². The number of benzene rings is 1. The van der Waals surface area contributed by atoms with E-state index in [2.05, 4.69) is 25.3 Å². The van der Waals surface area contributed by atoms with Crippen LogP contribution >= 0.6 is 11.5 Å². The summed E-state index contributed by atoms with van der Waals surface area (Å²) in [4.78, 5) is 26.8. The minimum absolute atomic E-state index is 0.265. The van der Waals surface area contributed by atoms with Crippen LogP contribution in [0.2, 0.25) is 0 Å². The monoisotopic (exact) mass is 388 g/mol. The van der Waals surface area contributed by atoms with Crippen molar-refractivity contribution in [3.63, 3.8) is 0 Å². The van der Waals surface area contributed by atoms with Crippen molar-refractivity contribution in [1.82, 2.24) is 20.0 Å². The summed E-state index contributed by atoms with van der Waals surface area (Å²) in [6, 6.07) is 8.95. The predicted octanol–water partition coefficient (Wildman–Crippen LogP) is 2.02. The van der Waals surface area contributed by atoms with Gasteiger partial charge in [0.2, 0.25) is 0 Å². The Morgan fingerprint density at radius 3 is 2.63 bits per heavy atom. The van der Waals surface area contributed by atoms with Gasteiger partial charge < -0.3 is 10.2 Å². The van der Waals surface area contributed by atoms with Crippen molar-refractivity contribution < 1.29 is 9.59 Å². The molecule has 3 amide bonds. The molecule has 8 nitrogen and oxygen atoms in total. The molecular formula is C18H24N6O2S. The zero-order valence-corrected chi connectivity index (χ0v) is 15.8. The number of nitrogens with zero attached hydrogens (tertiary/aromatic N) is 2. The second kappa shape index (κ2) is 9.45. The number of urea groups is 1. The molecule has 0 radical (unpaired) electrons. The van der Waals surface area contributed by atoms with Crippen LogP contribution in [0, 0.1) is 0 Å². The molecule has 0 unspecified atom stereocenters. The molecule has 3 rings (SSSR count). The lowest BCUT2D eigenvalue weighted by atomic mass is 10.1. The van der Waals surface area contributed by atoms with Crippen molar-refractivity contribution in [2.24, 2.45) is 5.84 Å². The van der Waals surface area contributed by atoms with Gasteiger partial charge in [-0.2, -0.15) is 4.37 Å². The number of hydrazine groups is 1. The Morgan fingerprint density at radius 2 is 1.93 bits per heavy atom. The van der Waals surface area contributed by atoms with Gasteiger partial charge in [0.15, 0.2) is 0 Å².